The van der Waals surface area contributed by atoms with Gasteiger partial charge in [0.2, 0.25) is 5.91 Å². The highest BCUT2D eigenvalue weighted by molar-refractivity contribution is 5.92. The predicted molar refractivity (Wildman–Crippen MR) is 47.4 cm³/mol. The van der Waals surface area contributed by atoms with E-state index in [1.807, 2.05) is 0 Å². The molecule has 13 heavy (non-hydrogen) atoms. The fourth-order valence-electron chi connectivity index (χ4n) is 0.221. The number of nitrogens with two attached hydrogens (primary N) is 1. The van der Waals surface area contributed by atoms with E-state index in [1.165, 1.54) is 12.5 Å². The number of amides is 1. The van der Waals surface area contributed by atoms with Crippen LogP contribution in [0.15, 0.2) is 37.8 Å². The summed E-state index contributed by atoms with van der Waals surface area (Å²) in [6.07, 6.45) is 4.09. The molecule has 0 heterocycles. The predicted octanol–water partition coefficient (Wildman–Crippen LogP) is 0.402. The summed E-state index contributed by atoms with van der Waals surface area (Å²) < 4.78 is 4.36. The zero-order valence-electron chi connectivity index (χ0n) is 6.97. The highest BCUT2D eigenvalue weighted by Gasteiger charge is 1.86. The highest BCUT2D eigenvalue weighted by atomic mass is 16.5. The zero-order chi connectivity index (χ0) is 10.7. The van der Waals surface area contributed by atoms with Gasteiger partial charge in [-0.2, -0.15) is 0 Å². The Morgan fingerprint density at radius 2 is 1.69 bits per heavy atom. The van der Waals surface area contributed by atoms with Crippen LogP contribution in [0.1, 0.15) is 0 Å². The SMILES string of the molecule is C=COC=C.NC(=O)/C=C/C(=O)O. The lowest BCUT2D eigenvalue weighted by atomic mass is 10.5. The average Bonchev–Trinajstić information content (AvgIpc) is 2.03. The van der Waals surface area contributed by atoms with Gasteiger partial charge in [-0.1, -0.05) is 13.2 Å². The number of rotatable bonds is 4. The number of aliphatic carboxylic acids is 1. The first kappa shape index (κ1) is 13.5. The molecule has 0 spiro atoms. The van der Waals surface area contributed by atoms with Gasteiger partial charge in [-0.05, 0) is 0 Å². The van der Waals surface area contributed by atoms with Crippen LogP contribution in [-0.4, -0.2) is 17.0 Å². The van der Waals surface area contributed by atoms with Crippen LogP contribution in [0.2, 0.25) is 0 Å². The van der Waals surface area contributed by atoms with Crippen LogP contribution in [-0.2, 0) is 14.3 Å². The van der Waals surface area contributed by atoms with Crippen LogP contribution in [0, 0.1) is 0 Å². The smallest absolute Gasteiger partial charge is 0.328 e. The van der Waals surface area contributed by atoms with Gasteiger partial charge in [0.1, 0.15) is 0 Å². The minimum Gasteiger partial charge on any atom is -0.478 e. The third-order valence-corrected chi connectivity index (χ3v) is 0.583. The second-order valence-corrected chi connectivity index (χ2v) is 1.54. The summed E-state index contributed by atoms with van der Waals surface area (Å²) in [5, 5.41) is 7.87. The molecule has 0 saturated heterocycles. The first-order chi connectivity index (χ1) is 6.04. The molecule has 0 aromatic heterocycles. The van der Waals surface area contributed by atoms with Crippen LogP contribution < -0.4 is 5.73 Å². The Bertz CT molecular complexity index is 198. The number of ether oxygens (including phenoxy) is 1. The topological polar surface area (TPSA) is 89.6 Å². The Kier molecular flexibility index (Phi) is 10.4. The Hall–Kier alpha value is -2.04. The summed E-state index contributed by atoms with van der Waals surface area (Å²) in [6, 6.07) is 0. The van der Waals surface area contributed by atoms with Crippen molar-refractivity contribution in [3.63, 3.8) is 0 Å². The summed E-state index contributed by atoms with van der Waals surface area (Å²) in [4.78, 5) is 19.4. The molecule has 0 aromatic carbocycles. The number of hydrogen-bond donors (Lipinski definition) is 2. The van der Waals surface area contributed by atoms with Gasteiger partial charge in [0, 0.05) is 12.2 Å². The van der Waals surface area contributed by atoms with Crippen molar-refractivity contribution >= 4 is 11.9 Å². The van der Waals surface area contributed by atoms with E-state index in [0.717, 1.165) is 6.08 Å². The molecule has 0 aromatic rings. The maximum atomic E-state index is 9.78. The summed E-state index contributed by atoms with van der Waals surface area (Å²) in [7, 11) is 0. The lowest BCUT2D eigenvalue weighted by Crippen LogP contribution is -2.06. The Morgan fingerprint density at radius 3 is 1.77 bits per heavy atom. The fraction of sp³-hybridized carbons (Fsp3) is 0. The van der Waals surface area contributed by atoms with Gasteiger partial charge in [-0.3, -0.25) is 4.79 Å². The van der Waals surface area contributed by atoms with E-state index in [-0.39, 0.29) is 0 Å². The van der Waals surface area contributed by atoms with E-state index >= 15 is 0 Å². The minimum atomic E-state index is -1.18. The Morgan fingerprint density at radius 1 is 1.23 bits per heavy atom. The molecular formula is C8H11NO4. The second-order valence-electron chi connectivity index (χ2n) is 1.54. The molecule has 72 valence electrons. The number of hydrogen-bond acceptors (Lipinski definition) is 3. The molecule has 0 unspecified atom stereocenters. The molecule has 0 atom stereocenters. The number of carboxylic acids is 1. The van der Waals surface area contributed by atoms with Gasteiger partial charge in [-0.25, -0.2) is 4.79 Å². The molecule has 0 radical (unpaired) electrons. The first-order valence-corrected chi connectivity index (χ1v) is 3.12. The standard InChI is InChI=1S/C4H5NO3.C4H6O/c5-3(6)1-2-4(7)8;1-3-5-4-2/h1-2H,(H2,5,6)(H,7,8);3-4H,1-2H2/b2-1+;. The molecule has 5 heteroatoms. The summed E-state index contributed by atoms with van der Waals surface area (Å²) in [5.74, 6) is -1.93. The third-order valence-electron chi connectivity index (χ3n) is 0.583. The van der Waals surface area contributed by atoms with E-state index in [1.54, 1.807) is 0 Å². The normalized spacial score (nSPS) is 8.00. The van der Waals surface area contributed by atoms with E-state index in [9.17, 15) is 9.59 Å². The number of carbonyl (C=O) groups excluding carboxylic acids is 1. The van der Waals surface area contributed by atoms with Crippen molar-refractivity contribution < 1.29 is 19.4 Å². The van der Waals surface area contributed by atoms with Gasteiger partial charge in [-0.15, -0.1) is 0 Å². The number of carbonyl (C=O) groups is 2. The summed E-state index contributed by atoms with van der Waals surface area (Å²) in [5.41, 5.74) is 4.55. The zero-order valence-corrected chi connectivity index (χ0v) is 6.97. The number of primary amides is 1. The Balaban J connectivity index is 0. The van der Waals surface area contributed by atoms with Crippen molar-refractivity contribution in [1.29, 1.82) is 0 Å². The van der Waals surface area contributed by atoms with Gasteiger partial charge in [0.05, 0.1) is 12.5 Å². The van der Waals surface area contributed by atoms with Gasteiger partial charge in [0.15, 0.2) is 0 Å². The van der Waals surface area contributed by atoms with Crippen molar-refractivity contribution in [2.45, 2.75) is 0 Å². The molecule has 0 fully saturated rings. The van der Waals surface area contributed by atoms with Crippen molar-refractivity contribution in [2.24, 2.45) is 5.73 Å². The van der Waals surface area contributed by atoms with Crippen molar-refractivity contribution in [2.75, 3.05) is 0 Å². The first-order valence-electron chi connectivity index (χ1n) is 3.12. The van der Waals surface area contributed by atoms with Gasteiger partial charge >= 0.3 is 5.97 Å². The maximum absolute atomic E-state index is 9.78. The van der Waals surface area contributed by atoms with E-state index in [0.29, 0.717) is 6.08 Å². The van der Waals surface area contributed by atoms with Crippen LogP contribution in [0.25, 0.3) is 0 Å². The van der Waals surface area contributed by atoms with Crippen LogP contribution in [0.3, 0.4) is 0 Å². The average molecular weight is 185 g/mol. The summed E-state index contributed by atoms with van der Waals surface area (Å²) >= 11 is 0. The molecule has 1 amide bonds. The third kappa shape index (κ3) is 25.7. The summed E-state index contributed by atoms with van der Waals surface area (Å²) in [6.45, 7) is 6.51. The highest BCUT2D eigenvalue weighted by Crippen LogP contribution is 1.68. The molecular weight excluding hydrogens is 174 g/mol. The monoisotopic (exact) mass is 185 g/mol. The van der Waals surface area contributed by atoms with Gasteiger partial charge < -0.3 is 15.6 Å². The largest absolute Gasteiger partial charge is 0.478 e. The molecule has 0 saturated carbocycles. The molecule has 0 rings (SSSR count). The fourth-order valence-corrected chi connectivity index (χ4v) is 0.221. The van der Waals surface area contributed by atoms with E-state index in [4.69, 9.17) is 5.11 Å². The Labute approximate surface area is 75.8 Å². The van der Waals surface area contributed by atoms with Crippen LogP contribution in [0.4, 0.5) is 0 Å². The van der Waals surface area contributed by atoms with Crippen molar-refractivity contribution in [1.82, 2.24) is 0 Å². The maximum Gasteiger partial charge on any atom is 0.328 e. The van der Waals surface area contributed by atoms with Crippen LogP contribution >= 0.6 is 0 Å². The number of carboxylic acid groups (broad SMARTS) is 1. The van der Waals surface area contributed by atoms with E-state index in [2.05, 4.69) is 23.6 Å². The van der Waals surface area contributed by atoms with Gasteiger partial charge in [0.25, 0.3) is 0 Å². The molecule has 0 aliphatic heterocycles. The quantitative estimate of drug-likeness (QED) is 0.490. The lowest BCUT2D eigenvalue weighted by molar-refractivity contribution is -0.131. The van der Waals surface area contributed by atoms with Crippen LogP contribution in [0.5, 0.6) is 0 Å². The molecule has 0 aliphatic rings. The molecule has 3 N–H and O–H groups in total. The van der Waals surface area contributed by atoms with Crippen molar-refractivity contribution in [3.8, 4) is 0 Å². The van der Waals surface area contributed by atoms with Crippen molar-refractivity contribution in [3.05, 3.63) is 37.8 Å². The molecule has 5 nitrogen and oxygen atoms in total. The lowest BCUT2D eigenvalue weighted by Gasteiger charge is -1.76. The van der Waals surface area contributed by atoms with E-state index < -0.39 is 11.9 Å². The second kappa shape index (κ2) is 9.96. The molecule has 0 aliphatic carbocycles. The molecule has 0 bridgehead atoms. The minimum absolute atomic E-state index is 0.683.